The highest BCUT2D eigenvalue weighted by Gasteiger charge is 2.21. The number of nitrogens with zero attached hydrogens (tertiary/aromatic N) is 1. The molecule has 1 rings (SSSR count). The molecule has 18 heavy (non-hydrogen) atoms. The van der Waals surface area contributed by atoms with Crippen molar-refractivity contribution in [3.05, 3.63) is 0 Å². The summed E-state index contributed by atoms with van der Waals surface area (Å²) in [6.45, 7) is 13.1. The van der Waals surface area contributed by atoms with Gasteiger partial charge >= 0.3 is 0 Å². The summed E-state index contributed by atoms with van der Waals surface area (Å²) in [6.07, 6.45) is 8.24. The van der Waals surface area contributed by atoms with Gasteiger partial charge < -0.3 is 10.2 Å². The van der Waals surface area contributed by atoms with E-state index in [2.05, 4.69) is 37.9 Å². The van der Waals surface area contributed by atoms with Crippen LogP contribution in [0.5, 0.6) is 0 Å². The normalized spacial score (nSPS) is 23.5. The summed E-state index contributed by atoms with van der Waals surface area (Å²) in [5.74, 6) is 0.919. The molecule has 2 nitrogen and oxygen atoms in total. The van der Waals surface area contributed by atoms with Gasteiger partial charge in [-0.05, 0) is 31.7 Å². The van der Waals surface area contributed by atoms with E-state index in [0.717, 1.165) is 12.0 Å². The minimum absolute atomic E-state index is 0.622. The van der Waals surface area contributed by atoms with E-state index < -0.39 is 0 Å². The summed E-state index contributed by atoms with van der Waals surface area (Å²) >= 11 is 0. The average molecular weight is 254 g/mol. The van der Waals surface area contributed by atoms with Crippen LogP contribution >= 0.6 is 0 Å². The Bertz CT molecular complexity index is 203. The molecule has 108 valence electrons. The molecular formula is C16H34N2. The van der Waals surface area contributed by atoms with Gasteiger partial charge in [0, 0.05) is 25.2 Å². The van der Waals surface area contributed by atoms with E-state index in [1.807, 2.05) is 0 Å². The Morgan fingerprint density at radius 1 is 1.28 bits per heavy atom. The number of piperidine rings is 1. The van der Waals surface area contributed by atoms with E-state index in [4.69, 9.17) is 0 Å². The molecule has 1 N–H and O–H groups in total. The van der Waals surface area contributed by atoms with Crippen molar-refractivity contribution in [3.8, 4) is 0 Å². The molecule has 2 heteroatoms. The van der Waals surface area contributed by atoms with Gasteiger partial charge in [0.05, 0.1) is 0 Å². The fraction of sp³-hybridized carbons (Fsp3) is 1.00. The summed E-state index contributed by atoms with van der Waals surface area (Å²) < 4.78 is 0. The smallest absolute Gasteiger partial charge is 0.0197 e. The molecule has 2 unspecified atom stereocenters. The van der Waals surface area contributed by atoms with Gasteiger partial charge in [-0.3, -0.25) is 0 Å². The largest absolute Gasteiger partial charge is 0.311 e. The van der Waals surface area contributed by atoms with Crippen LogP contribution in [0.3, 0.4) is 0 Å². The maximum Gasteiger partial charge on any atom is 0.0197 e. The first kappa shape index (κ1) is 16.0. The van der Waals surface area contributed by atoms with Crippen LogP contribution in [-0.2, 0) is 0 Å². The van der Waals surface area contributed by atoms with E-state index in [1.165, 1.54) is 58.2 Å². The topological polar surface area (TPSA) is 15.3 Å². The van der Waals surface area contributed by atoms with Gasteiger partial charge in [0.2, 0.25) is 0 Å². The zero-order chi connectivity index (χ0) is 13.4. The second-order valence-electron chi connectivity index (χ2n) is 6.34. The van der Waals surface area contributed by atoms with Gasteiger partial charge in [0.1, 0.15) is 0 Å². The highest BCUT2D eigenvalue weighted by atomic mass is 15.2. The summed E-state index contributed by atoms with van der Waals surface area (Å²) in [5.41, 5.74) is 0. The molecule has 1 saturated heterocycles. The molecule has 0 aromatic carbocycles. The maximum atomic E-state index is 3.70. The van der Waals surface area contributed by atoms with E-state index in [1.54, 1.807) is 0 Å². The predicted octanol–water partition coefficient (Wildman–Crippen LogP) is 3.67. The summed E-state index contributed by atoms with van der Waals surface area (Å²) in [6, 6.07) is 1.35. The van der Waals surface area contributed by atoms with Crippen LogP contribution < -0.4 is 5.32 Å². The summed E-state index contributed by atoms with van der Waals surface area (Å²) in [5, 5.41) is 3.70. The fourth-order valence-corrected chi connectivity index (χ4v) is 3.11. The van der Waals surface area contributed by atoms with Crippen LogP contribution in [-0.4, -0.2) is 36.6 Å². The second kappa shape index (κ2) is 8.92. The molecule has 0 amide bonds. The third kappa shape index (κ3) is 6.19. The van der Waals surface area contributed by atoms with Crippen molar-refractivity contribution in [3.63, 3.8) is 0 Å². The molecule has 0 aromatic heterocycles. The van der Waals surface area contributed by atoms with E-state index in [9.17, 15) is 0 Å². The van der Waals surface area contributed by atoms with Crippen LogP contribution in [0.25, 0.3) is 0 Å². The van der Waals surface area contributed by atoms with Gasteiger partial charge in [0.15, 0.2) is 0 Å². The molecule has 1 heterocycles. The van der Waals surface area contributed by atoms with Crippen molar-refractivity contribution in [1.82, 2.24) is 10.2 Å². The first-order valence-electron chi connectivity index (χ1n) is 8.14. The van der Waals surface area contributed by atoms with Crippen molar-refractivity contribution in [2.24, 2.45) is 5.92 Å². The Labute approximate surface area is 115 Å². The Morgan fingerprint density at radius 2 is 2.06 bits per heavy atom. The number of unbranched alkanes of at least 4 members (excludes halogenated alkanes) is 1. The number of rotatable bonds is 8. The van der Waals surface area contributed by atoms with Crippen LogP contribution in [0.4, 0.5) is 0 Å². The number of hydrogen-bond donors (Lipinski definition) is 1. The van der Waals surface area contributed by atoms with Gasteiger partial charge in [-0.1, -0.05) is 47.0 Å². The van der Waals surface area contributed by atoms with E-state index in [0.29, 0.717) is 6.04 Å². The lowest BCUT2D eigenvalue weighted by molar-refractivity contribution is 0.156. The minimum atomic E-state index is 0.622. The standard InChI is InChI=1S/C16H34N2/c1-5-7-9-15(6-2)12-18-11-8-10-16(13-18)17-14(3)4/h14-17H,5-13H2,1-4H3. The highest BCUT2D eigenvalue weighted by Crippen LogP contribution is 2.18. The second-order valence-corrected chi connectivity index (χ2v) is 6.34. The van der Waals surface area contributed by atoms with E-state index in [-0.39, 0.29) is 0 Å². The lowest BCUT2D eigenvalue weighted by Gasteiger charge is -2.36. The van der Waals surface area contributed by atoms with Crippen molar-refractivity contribution in [2.75, 3.05) is 19.6 Å². The Kier molecular flexibility index (Phi) is 7.92. The van der Waals surface area contributed by atoms with Crippen LogP contribution in [0.15, 0.2) is 0 Å². The van der Waals surface area contributed by atoms with Gasteiger partial charge in [-0.2, -0.15) is 0 Å². The Hall–Kier alpha value is -0.0800. The lowest BCUT2D eigenvalue weighted by atomic mass is 9.96. The molecule has 0 saturated carbocycles. The Balaban J connectivity index is 2.31. The van der Waals surface area contributed by atoms with Gasteiger partial charge in [-0.15, -0.1) is 0 Å². The number of nitrogens with one attached hydrogen (secondary N) is 1. The molecule has 0 aliphatic carbocycles. The van der Waals surface area contributed by atoms with Crippen molar-refractivity contribution >= 4 is 0 Å². The zero-order valence-corrected chi connectivity index (χ0v) is 13.0. The average Bonchev–Trinajstić information content (AvgIpc) is 2.34. The molecule has 0 bridgehead atoms. The maximum absolute atomic E-state index is 3.70. The van der Waals surface area contributed by atoms with Crippen molar-refractivity contribution < 1.29 is 0 Å². The van der Waals surface area contributed by atoms with Crippen LogP contribution in [0, 0.1) is 5.92 Å². The van der Waals surface area contributed by atoms with Crippen LogP contribution in [0.1, 0.15) is 66.2 Å². The molecule has 1 aliphatic rings. The third-order valence-electron chi connectivity index (χ3n) is 4.13. The van der Waals surface area contributed by atoms with Crippen LogP contribution in [0.2, 0.25) is 0 Å². The summed E-state index contributed by atoms with van der Waals surface area (Å²) in [7, 11) is 0. The van der Waals surface area contributed by atoms with Gasteiger partial charge in [0.25, 0.3) is 0 Å². The van der Waals surface area contributed by atoms with E-state index >= 15 is 0 Å². The fourth-order valence-electron chi connectivity index (χ4n) is 3.11. The third-order valence-corrected chi connectivity index (χ3v) is 4.13. The molecule has 0 aromatic rings. The molecule has 1 fully saturated rings. The molecule has 1 aliphatic heterocycles. The lowest BCUT2D eigenvalue weighted by Crippen LogP contribution is -2.48. The van der Waals surface area contributed by atoms with Crippen molar-refractivity contribution in [1.29, 1.82) is 0 Å². The zero-order valence-electron chi connectivity index (χ0n) is 13.0. The van der Waals surface area contributed by atoms with Gasteiger partial charge in [-0.25, -0.2) is 0 Å². The summed E-state index contributed by atoms with van der Waals surface area (Å²) in [4.78, 5) is 2.70. The molecular weight excluding hydrogens is 220 g/mol. The van der Waals surface area contributed by atoms with Crippen molar-refractivity contribution in [2.45, 2.75) is 78.3 Å². The highest BCUT2D eigenvalue weighted by molar-refractivity contribution is 4.80. The SMILES string of the molecule is CCCCC(CC)CN1CCCC(NC(C)C)C1. The molecule has 0 radical (unpaired) electrons. The monoisotopic (exact) mass is 254 g/mol. The Morgan fingerprint density at radius 3 is 2.67 bits per heavy atom. The first-order valence-corrected chi connectivity index (χ1v) is 8.14. The molecule has 2 atom stereocenters. The first-order chi connectivity index (χ1) is 8.65. The number of likely N-dealkylation sites (tertiary alicyclic amines) is 1. The minimum Gasteiger partial charge on any atom is -0.311 e. The molecule has 0 spiro atoms. The number of hydrogen-bond acceptors (Lipinski definition) is 2. The quantitative estimate of drug-likeness (QED) is 0.711. The predicted molar refractivity (Wildman–Crippen MR) is 81.0 cm³/mol.